The Morgan fingerprint density at radius 1 is 1.09 bits per heavy atom. The first-order valence-corrected chi connectivity index (χ1v) is 12.1. The molecule has 2 saturated heterocycles. The van der Waals surface area contributed by atoms with Gasteiger partial charge in [0.15, 0.2) is 0 Å². The molecule has 5 rings (SSSR count). The molecular weight excluding hydrogens is 412 g/mol. The number of anilines is 1. The van der Waals surface area contributed by atoms with Crippen LogP contribution in [0.4, 0.5) is 5.95 Å². The first-order chi connectivity index (χ1) is 16.1. The molecule has 0 N–H and O–H groups in total. The normalized spacial score (nSPS) is 19.2. The molecule has 7 heteroatoms. The minimum atomic E-state index is 0.386. The van der Waals surface area contributed by atoms with Gasteiger partial charge >= 0.3 is 0 Å². The topological polar surface area (TPSA) is 59.3 Å². The predicted octanol–water partition coefficient (Wildman–Crippen LogP) is 4.17. The number of rotatable bonds is 6. The Bertz CT molecular complexity index is 1100. The molecule has 2 aliphatic heterocycles. The van der Waals surface area contributed by atoms with E-state index in [1.54, 1.807) is 7.11 Å². The quantitative estimate of drug-likeness (QED) is 0.566. The molecule has 0 saturated carbocycles. The van der Waals surface area contributed by atoms with Crippen LogP contribution in [0.1, 0.15) is 48.4 Å². The summed E-state index contributed by atoms with van der Waals surface area (Å²) in [6, 6.07) is 8.52. The zero-order chi connectivity index (χ0) is 22.8. The second-order valence-corrected chi connectivity index (χ2v) is 9.43. The van der Waals surface area contributed by atoms with Crippen LogP contribution in [0.5, 0.6) is 5.75 Å². The molecular formula is C26H34N6O. The minimum Gasteiger partial charge on any atom is -0.496 e. The Kier molecular flexibility index (Phi) is 6.31. The van der Waals surface area contributed by atoms with E-state index >= 15 is 0 Å². The third-order valence-corrected chi connectivity index (χ3v) is 6.89. The first-order valence-electron chi connectivity index (χ1n) is 12.1. The van der Waals surface area contributed by atoms with Gasteiger partial charge in [-0.15, -0.1) is 0 Å². The average molecular weight is 447 g/mol. The van der Waals surface area contributed by atoms with Gasteiger partial charge < -0.3 is 9.64 Å². The predicted molar refractivity (Wildman–Crippen MR) is 131 cm³/mol. The Morgan fingerprint density at radius 3 is 2.76 bits per heavy atom. The van der Waals surface area contributed by atoms with E-state index in [2.05, 4.69) is 46.1 Å². The number of hydrogen-bond donors (Lipinski definition) is 0. The number of hydrogen-bond acceptors (Lipinski definition) is 6. The van der Waals surface area contributed by atoms with E-state index in [0.717, 1.165) is 74.2 Å². The largest absolute Gasteiger partial charge is 0.496 e. The monoisotopic (exact) mass is 446 g/mol. The molecule has 174 valence electrons. The third kappa shape index (κ3) is 4.74. The van der Waals surface area contributed by atoms with Crippen molar-refractivity contribution in [2.24, 2.45) is 7.05 Å². The van der Waals surface area contributed by atoms with E-state index < -0.39 is 0 Å². The number of nitrogens with zero attached hydrogens (tertiary/aromatic N) is 6. The highest BCUT2D eigenvalue weighted by molar-refractivity contribution is 5.63. The number of aromatic nitrogens is 4. The van der Waals surface area contributed by atoms with E-state index in [1.807, 2.05) is 24.0 Å². The van der Waals surface area contributed by atoms with Crippen molar-refractivity contribution >= 4 is 5.95 Å². The van der Waals surface area contributed by atoms with Crippen LogP contribution < -0.4 is 9.64 Å². The molecule has 1 atom stereocenters. The van der Waals surface area contributed by atoms with Crippen molar-refractivity contribution in [3.05, 3.63) is 53.5 Å². The number of benzene rings is 1. The van der Waals surface area contributed by atoms with Crippen molar-refractivity contribution in [1.29, 1.82) is 0 Å². The second-order valence-electron chi connectivity index (χ2n) is 9.43. The van der Waals surface area contributed by atoms with Crippen LogP contribution in [0.25, 0.3) is 11.3 Å². The molecule has 7 nitrogen and oxygen atoms in total. The van der Waals surface area contributed by atoms with Crippen LogP contribution in [0.3, 0.4) is 0 Å². The zero-order valence-corrected chi connectivity index (χ0v) is 20.0. The second kappa shape index (κ2) is 9.51. The fraction of sp³-hybridized carbons (Fsp3) is 0.500. The zero-order valence-electron chi connectivity index (χ0n) is 20.0. The summed E-state index contributed by atoms with van der Waals surface area (Å²) in [7, 11) is 3.77. The first kappa shape index (κ1) is 21.9. The highest BCUT2D eigenvalue weighted by atomic mass is 16.5. The molecule has 4 heterocycles. The standard InChI is InChI=1S/C26H34N6O/c1-19-8-9-20(24(15-19)33-3)16-31-12-6-7-21(17-31)25-22(18-30(2)29-25)23-10-11-27-26(28-23)32-13-4-5-14-32/h8-11,15,18,21H,4-7,12-14,16-17H2,1-3H3/t21-/m0/s1. The van der Waals surface area contributed by atoms with Gasteiger partial charge in [0.05, 0.1) is 18.5 Å². The highest BCUT2D eigenvalue weighted by Crippen LogP contribution is 2.34. The molecule has 33 heavy (non-hydrogen) atoms. The maximum absolute atomic E-state index is 5.65. The van der Waals surface area contributed by atoms with E-state index in [4.69, 9.17) is 14.8 Å². The van der Waals surface area contributed by atoms with Crippen LogP contribution in [0.15, 0.2) is 36.7 Å². The summed E-state index contributed by atoms with van der Waals surface area (Å²) in [6.07, 6.45) is 8.76. The maximum Gasteiger partial charge on any atom is 0.225 e. The van der Waals surface area contributed by atoms with Crippen LogP contribution in [0.2, 0.25) is 0 Å². The van der Waals surface area contributed by atoms with Crippen LogP contribution in [-0.4, -0.2) is 57.9 Å². The Hall–Kier alpha value is -2.93. The van der Waals surface area contributed by atoms with Gasteiger partial charge in [-0.25, -0.2) is 9.97 Å². The van der Waals surface area contributed by atoms with Crippen molar-refractivity contribution in [2.45, 2.75) is 45.1 Å². The van der Waals surface area contributed by atoms with Gasteiger partial charge in [0.2, 0.25) is 5.95 Å². The summed E-state index contributed by atoms with van der Waals surface area (Å²) < 4.78 is 7.59. The fourth-order valence-electron chi connectivity index (χ4n) is 5.22. The third-order valence-electron chi connectivity index (χ3n) is 6.89. The SMILES string of the molecule is COc1cc(C)ccc1CN1CCC[C@H](c2nn(C)cc2-c2ccnc(N3CCCC3)n2)C1. The Balaban J connectivity index is 1.38. The lowest BCUT2D eigenvalue weighted by molar-refractivity contribution is 0.196. The molecule has 0 spiro atoms. The minimum absolute atomic E-state index is 0.386. The molecule has 0 bridgehead atoms. The van der Waals surface area contributed by atoms with E-state index in [-0.39, 0.29) is 0 Å². The highest BCUT2D eigenvalue weighted by Gasteiger charge is 2.27. The van der Waals surface area contributed by atoms with E-state index in [1.165, 1.54) is 24.0 Å². The van der Waals surface area contributed by atoms with Crippen LogP contribution >= 0.6 is 0 Å². The summed E-state index contributed by atoms with van der Waals surface area (Å²) in [5, 5.41) is 4.92. The number of aryl methyl sites for hydroxylation is 2. The van der Waals surface area contributed by atoms with Gasteiger partial charge in [0, 0.05) is 62.7 Å². The molecule has 2 aliphatic rings. The van der Waals surface area contributed by atoms with Gasteiger partial charge in [0.25, 0.3) is 0 Å². The summed E-state index contributed by atoms with van der Waals surface area (Å²) in [5.41, 5.74) is 5.75. The van der Waals surface area contributed by atoms with E-state index in [9.17, 15) is 0 Å². The molecule has 0 unspecified atom stereocenters. The lowest BCUT2D eigenvalue weighted by Crippen LogP contribution is -2.34. The average Bonchev–Trinajstić information content (AvgIpc) is 3.51. The Morgan fingerprint density at radius 2 is 1.94 bits per heavy atom. The van der Waals surface area contributed by atoms with Crippen LogP contribution in [-0.2, 0) is 13.6 Å². The fourth-order valence-corrected chi connectivity index (χ4v) is 5.22. The van der Waals surface area contributed by atoms with Gasteiger partial charge in [-0.1, -0.05) is 12.1 Å². The number of ether oxygens (including phenoxy) is 1. The number of methoxy groups -OCH3 is 1. The molecule has 2 aromatic heterocycles. The Labute approximate surface area is 196 Å². The summed E-state index contributed by atoms with van der Waals surface area (Å²) in [5.74, 6) is 2.21. The molecule has 0 amide bonds. The number of piperidine rings is 1. The van der Waals surface area contributed by atoms with Gasteiger partial charge in [-0.2, -0.15) is 5.10 Å². The lowest BCUT2D eigenvalue weighted by atomic mass is 9.91. The van der Waals surface area contributed by atoms with Gasteiger partial charge in [-0.3, -0.25) is 9.58 Å². The summed E-state index contributed by atoms with van der Waals surface area (Å²) in [6.45, 7) is 7.18. The van der Waals surface area contributed by atoms with Gasteiger partial charge in [0.1, 0.15) is 5.75 Å². The molecule has 1 aromatic carbocycles. The number of likely N-dealkylation sites (tertiary alicyclic amines) is 1. The molecule has 0 aliphatic carbocycles. The van der Waals surface area contributed by atoms with Crippen LogP contribution in [0, 0.1) is 6.92 Å². The van der Waals surface area contributed by atoms with Crippen molar-refractivity contribution < 1.29 is 4.74 Å². The lowest BCUT2D eigenvalue weighted by Gasteiger charge is -2.32. The van der Waals surface area contributed by atoms with Crippen molar-refractivity contribution in [2.75, 3.05) is 38.2 Å². The summed E-state index contributed by atoms with van der Waals surface area (Å²) >= 11 is 0. The molecule has 3 aromatic rings. The summed E-state index contributed by atoms with van der Waals surface area (Å²) in [4.78, 5) is 14.3. The maximum atomic E-state index is 5.65. The van der Waals surface area contributed by atoms with Crippen molar-refractivity contribution in [3.8, 4) is 17.0 Å². The molecule has 0 radical (unpaired) electrons. The molecule has 2 fully saturated rings. The smallest absolute Gasteiger partial charge is 0.225 e. The van der Waals surface area contributed by atoms with Crippen molar-refractivity contribution in [1.82, 2.24) is 24.6 Å². The van der Waals surface area contributed by atoms with Crippen molar-refractivity contribution in [3.63, 3.8) is 0 Å². The van der Waals surface area contributed by atoms with E-state index in [0.29, 0.717) is 5.92 Å². The van der Waals surface area contributed by atoms with Gasteiger partial charge in [-0.05, 0) is 56.8 Å².